The van der Waals surface area contributed by atoms with Gasteiger partial charge in [0.05, 0.1) is 11.2 Å². The predicted octanol–water partition coefficient (Wildman–Crippen LogP) is 2.81. The van der Waals surface area contributed by atoms with Gasteiger partial charge >= 0.3 is 0 Å². The SMILES string of the molecule is CCNCc1cccc(NC(=O)c2cnc(C)s2)c1. The molecule has 0 fully saturated rings. The number of aromatic nitrogens is 1. The molecule has 0 unspecified atom stereocenters. The largest absolute Gasteiger partial charge is 0.321 e. The van der Waals surface area contributed by atoms with Crippen molar-refractivity contribution in [1.29, 1.82) is 0 Å². The summed E-state index contributed by atoms with van der Waals surface area (Å²) >= 11 is 1.40. The number of benzene rings is 1. The lowest BCUT2D eigenvalue weighted by molar-refractivity contribution is 0.103. The Kier molecular flexibility index (Phi) is 4.65. The van der Waals surface area contributed by atoms with Gasteiger partial charge in [0.25, 0.3) is 5.91 Å². The number of rotatable bonds is 5. The second-order valence-electron chi connectivity index (χ2n) is 4.18. The Morgan fingerprint density at radius 2 is 2.26 bits per heavy atom. The highest BCUT2D eigenvalue weighted by molar-refractivity contribution is 7.13. The van der Waals surface area contributed by atoms with E-state index in [1.165, 1.54) is 11.3 Å². The van der Waals surface area contributed by atoms with E-state index in [4.69, 9.17) is 0 Å². The van der Waals surface area contributed by atoms with Crippen molar-refractivity contribution >= 4 is 22.9 Å². The lowest BCUT2D eigenvalue weighted by atomic mass is 10.2. The Labute approximate surface area is 116 Å². The minimum Gasteiger partial charge on any atom is -0.321 e. The lowest BCUT2D eigenvalue weighted by Crippen LogP contribution is -2.13. The molecular weight excluding hydrogens is 258 g/mol. The summed E-state index contributed by atoms with van der Waals surface area (Å²) in [5.41, 5.74) is 1.96. The van der Waals surface area contributed by atoms with E-state index in [1.807, 2.05) is 31.2 Å². The molecule has 1 heterocycles. The summed E-state index contributed by atoms with van der Waals surface area (Å²) in [6.45, 7) is 5.69. The number of nitrogens with one attached hydrogen (secondary N) is 2. The summed E-state index contributed by atoms with van der Waals surface area (Å²) < 4.78 is 0. The van der Waals surface area contributed by atoms with Gasteiger partial charge < -0.3 is 10.6 Å². The van der Waals surface area contributed by atoms with Gasteiger partial charge in [-0.15, -0.1) is 11.3 Å². The first-order valence-electron chi connectivity index (χ1n) is 6.22. The van der Waals surface area contributed by atoms with Crippen molar-refractivity contribution < 1.29 is 4.79 Å². The van der Waals surface area contributed by atoms with E-state index in [-0.39, 0.29) is 5.91 Å². The molecule has 0 spiro atoms. The number of anilines is 1. The normalized spacial score (nSPS) is 10.4. The van der Waals surface area contributed by atoms with E-state index in [1.54, 1.807) is 6.20 Å². The standard InChI is InChI=1S/C14H17N3OS/c1-3-15-8-11-5-4-6-12(7-11)17-14(18)13-9-16-10(2)19-13/h4-7,9,15H,3,8H2,1-2H3,(H,17,18). The average Bonchev–Trinajstić information content (AvgIpc) is 2.83. The van der Waals surface area contributed by atoms with Gasteiger partial charge in [0.1, 0.15) is 4.88 Å². The van der Waals surface area contributed by atoms with Crippen LogP contribution in [0.15, 0.2) is 30.5 Å². The maximum atomic E-state index is 12.0. The Morgan fingerprint density at radius 1 is 1.42 bits per heavy atom. The van der Waals surface area contributed by atoms with Gasteiger partial charge in [0, 0.05) is 12.2 Å². The van der Waals surface area contributed by atoms with Crippen LogP contribution in [0.4, 0.5) is 5.69 Å². The molecule has 1 amide bonds. The van der Waals surface area contributed by atoms with Crippen molar-refractivity contribution in [2.75, 3.05) is 11.9 Å². The zero-order chi connectivity index (χ0) is 13.7. The summed E-state index contributed by atoms with van der Waals surface area (Å²) in [5.74, 6) is -0.105. The predicted molar refractivity (Wildman–Crippen MR) is 78.6 cm³/mol. The van der Waals surface area contributed by atoms with E-state index in [0.29, 0.717) is 4.88 Å². The van der Waals surface area contributed by atoms with Crippen LogP contribution in [0.3, 0.4) is 0 Å². The van der Waals surface area contributed by atoms with Gasteiger partial charge in [-0.05, 0) is 31.2 Å². The summed E-state index contributed by atoms with van der Waals surface area (Å²) in [7, 11) is 0. The molecule has 0 aliphatic heterocycles. The van der Waals surface area contributed by atoms with Gasteiger partial charge in [0.2, 0.25) is 0 Å². The summed E-state index contributed by atoms with van der Waals surface area (Å²) in [6.07, 6.45) is 1.61. The van der Waals surface area contributed by atoms with Crippen LogP contribution in [0.25, 0.3) is 0 Å². The number of hydrogen-bond acceptors (Lipinski definition) is 4. The molecule has 0 radical (unpaired) electrons. The molecule has 0 aliphatic rings. The van der Waals surface area contributed by atoms with Gasteiger partial charge in [-0.25, -0.2) is 4.98 Å². The van der Waals surface area contributed by atoms with Gasteiger partial charge in [-0.2, -0.15) is 0 Å². The third kappa shape index (κ3) is 3.87. The molecule has 2 N–H and O–H groups in total. The zero-order valence-corrected chi connectivity index (χ0v) is 11.9. The quantitative estimate of drug-likeness (QED) is 0.882. The van der Waals surface area contributed by atoms with E-state index in [2.05, 4.69) is 22.5 Å². The van der Waals surface area contributed by atoms with E-state index < -0.39 is 0 Å². The van der Waals surface area contributed by atoms with Crippen LogP contribution in [0, 0.1) is 6.92 Å². The molecule has 0 saturated heterocycles. The van der Waals surface area contributed by atoms with Crippen molar-refractivity contribution in [3.05, 3.63) is 45.9 Å². The number of aryl methyl sites for hydroxylation is 1. The number of amides is 1. The Hall–Kier alpha value is -1.72. The number of carbonyl (C=O) groups is 1. The number of nitrogens with zero attached hydrogens (tertiary/aromatic N) is 1. The van der Waals surface area contributed by atoms with E-state index >= 15 is 0 Å². The first-order valence-corrected chi connectivity index (χ1v) is 7.04. The molecule has 5 heteroatoms. The molecule has 1 aromatic heterocycles. The van der Waals surface area contributed by atoms with Crippen molar-refractivity contribution in [3.63, 3.8) is 0 Å². The zero-order valence-electron chi connectivity index (χ0n) is 11.1. The molecule has 0 aliphatic carbocycles. The maximum absolute atomic E-state index is 12.0. The van der Waals surface area contributed by atoms with Crippen LogP contribution in [0.5, 0.6) is 0 Å². The van der Waals surface area contributed by atoms with Crippen molar-refractivity contribution in [3.8, 4) is 0 Å². The Bertz CT molecular complexity index is 565. The monoisotopic (exact) mass is 275 g/mol. The highest BCUT2D eigenvalue weighted by Crippen LogP contribution is 2.16. The van der Waals surface area contributed by atoms with E-state index in [0.717, 1.165) is 29.3 Å². The first-order chi connectivity index (χ1) is 9.19. The van der Waals surface area contributed by atoms with Crippen LogP contribution in [0.1, 0.15) is 27.2 Å². The second-order valence-corrected chi connectivity index (χ2v) is 5.41. The molecule has 2 aromatic rings. The highest BCUT2D eigenvalue weighted by atomic mass is 32.1. The highest BCUT2D eigenvalue weighted by Gasteiger charge is 2.09. The molecule has 1 aromatic carbocycles. The second kappa shape index (κ2) is 6.45. The Balaban J connectivity index is 2.04. The molecule has 19 heavy (non-hydrogen) atoms. The van der Waals surface area contributed by atoms with Crippen LogP contribution in [-0.4, -0.2) is 17.4 Å². The van der Waals surface area contributed by atoms with Gasteiger partial charge in [-0.3, -0.25) is 4.79 Å². The lowest BCUT2D eigenvalue weighted by Gasteiger charge is -2.06. The molecule has 0 bridgehead atoms. The van der Waals surface area contributed by atoms with Crippen LogP contribution < -0.4 is 10.6 Å². The number of carbonyl (C=O) groups excluding carboxylic acids is 1. The fraction of sp³-hybridized carbons (Fsp3) is 0.286. The molecule has 2 rings (SSSR count). The molecular formula is C14H17N3OS. The fourth-order valence-electron chi connectivity index (χ4n) is 1.69. The van der Waals surface area contributed by atoms with Crippen molar-refractivity contribution in [1.82, 2.24) is 10.3 Å². The maximum Gasteiger partial charge on any atom is 0.267 e. The van der Waals surface area contributed by atoms with E-state index in [9.17, 15) is 4.79 Å². The number of hydrogen-bond donors (Lipinski definition) is 2. The number of thiazole rings is 1. The smallest absolute Gasteiger partial charge is 0.267 e. The van der Waals surface area contributed by atoms with Crippen LogP contribution in [-0.2, 0) is 6.54 Å². The summed E-state index contributed by atoms with van der Waals surface area (Å²) in [5, 5.41) is 7.05. The summed E-state index contributed by atoms with van der Waals surface area (Å²) in [6, 6.07) is 7.85. The molecule has 100 valence electrons. The van der Waals surface area contributed by atoms with Gasteiger partial charge in [-0.1, -0.05) is 19.1 Å². The Morgan fingerprint density at radius 3 is 2.95 bits per heavy atom. The topological polar surface area (TPSA) is 54.0 Å². The molecule has 0 atom stereocenters. The first kappa shape index (κ1) is 13.7. The average molecular weight is 275 g/mol. The summed E-state index contributed by atoms with van der Waals surface area (Å²) in [4.78, 5) is 16.7. The van der Waals surface area contributed by atoms with Crippen molar-refractivity contribution in [2.24, 2.45) is 0 Å². The van der Waals surface area contributed by atoms with Gasteiger partial charge in [0.15, 0.2) is 0 Å². The molecule has 4 nitrogen and oxygen atoms in total. The minimum absolute atomic E-state index is 0.105. The van der Waals surface area contributed by atoms with Crippen LogP contribution >= 0.6 is 11.3 Å². The minimum atomic E-state index is -0.105. The molecule has 0 saturated carbocycles. The third-order valence-electron chi connectivity index (χ3n) is 2.61. The van der Waals surface area contributed by atoms with Crippen molar-refractivity contribution in [2.45, 2.75) is 20.4 Å². The van der Waals surface area contributed by atoms with Crippen LogP contribution in [0.2, 0.25) is 0 Å². The fourth-order valence-corrected chi connectivity index (χ4v) is 2.36. The third-order valence-corrected chi connectivity index (χ3v) is 3.52.